The maximum Gasteiger partial charge on any atom is 0.280 e. The van der Waals surface area contributed by atoms with Crippen molar-refractivity contribution in [3.63, 3.8) is 0 Å². The highest BCUT2D eigenvalue weighted by Gasteiger charge is 2.40. The second-order valence-electron chi connectivity index (χ2n) is 6.92. The van der Waals surface area contributed by atoms with Crippen LogP contribution in [0.15, 0.2) is 30.5 Å². The lowest BCUT2D eigenvalue weighted by molar-refractivity contribution is -0.384. The first-order valence-electron chi connectivity index (χ1n) is 8.79. The first-order valence-corrected chi connectivity index (χ1v) is 9.61. The number of para-hydroxylation sites is 1. The summed E-state index contributed by atoms with van der Waals surface area (Å²) in [5.74, 6) is 0.332. The van der Waals surface area contributed by atoms with Gasteiger partial charge in [0, 0.05) is 24.3 Å². The highest BCUT2D eigenvalue weighted by atomic mass is 32.1. The number of amides is 1. The number of hydrogen-bond acceptors (Lipinski definition) is 6. The summed E-state index contributed by atoms with van der Waals surface area (Å²) in [7, 11) is 0. The van der Waals surface area contributed by atoms with Crippen LogP contribution in [0, 0.1) is 16.0 Å². The van der Waals surface area contributed by atoms with Gasteiger partial charge in [0.05, 0.1) is 15.4 Å². The van der Waals surface area contributed by atoms with Gasteiger partial charge < -0.3 is 5.32 Å². The number of thiazole rings is 1. The van der Waals surface area contributed by atoms with E-state index in [2.05, 4.69) is 22.1 Å². The van der Waals surface area contributed by atoms with Crippen molar-refractivity contribution >= 4 is 22.9 Å². The van der Waals surface area contributed by atoms with E-state index in [1.165, 1.54) is 17.4 Å². The van der Waals surface area contributed by atoms with E-state index in [1.54, 1.807) is 24.4 Å². The van der Waals surface area contributed by atoms with Crippen molar-refractivity contribution in [2.24, 2.45) is 5.92 Å². The first-order chi connectivity index (χ1) is 12.5. The van der Waals surface area contributed by atoms with Gasteiger partial charge in [-0.15, -0.1) is 11.3 Å². The minimum atomic E-state index is -0.413. The minimum absolute atomic E-state index is 0.0223. The number of nitrogens with one attached hydrogen (secondary N) is 1. The van der Waals surface area contributed by atoms with E-state index in [-0.39, 0.29) is 17.6 Å². The molecule has 5 rings (SSSR count). The molecule has 3 saturated heterocycles. The van der Waals surface area contributed by atoms with Crippen LogP contribution in [0.1, 0.15) is 29.6 Å². The van der Waals surface area contributed by atoms with Crippen molar-refractivity contribution in [3.8, 4) is 10.4 Å². The second kappa shape index (κ2) is 6.77. The minimum Gasteiger partial charge on any atom is -0.345 e. The molecule has 3 aliphatic rings. The fourth-order valence-electron chi connectivity index (χ4n) is 4.10. The summed E-state index contributed by atoms with van der Waals surface area (Å²) in [5, 5.41) is 14.7. The molecule has 1 aromatic carbocycles. The fraction of sp³-hybridized carbons (Fsp3) is 0.444. The number of fused-ring (bicyclic) bond motifs is 3. The molecule has 3 aliphatic heterocycles. The Labute approximate surface area is 155 Å². The van der Waals surface area contributed by atoms with E-state index in [4.69, 9.17) is 0 Å². The van der Waals surface area contributed by atoms with Crippen molar-refractivity contribution in [3.05, 3.63) is 45.6 Å². The number of nitro groups is 1. The maximum absolute atomic E-state index is 12.7. The highest BCUT2D eigenvalue weighted by Crippen LogP contribution is 2.35. The maximum atomic E-state index is 12.7. The molecule has 0 radical (unpaired) electrons. The number of carbonyl (C=O) groups excluding carboxylic acids is 1. The van der Waals surface area contributed by atoms with Crippen LogP contribution in [-0.2, 0) is 0 Å². The fourth-order valence-corrected chi connectivity index (χ4v) is 4.96. The van der Waals surface area contributed by atoms with Gasteiger partial charge in [-0.1, -0.05) is 12.1 Å². The van der Waals surface area contributed by atoms with Crippen molar-refractivity contribution < 1.29 is 9.72 Å². The monoisotopic (exact) mass is 372 g/mol. The smallest absolute Gasteiger partial charge is 0.280 e. The standard InChI is InChI=1S/C18H20N4O3S/c1-11-16(12-6-8-21(11)9-7-12)20-17(23)18-19-10-15(26-18)13-4-2-3-5-14(13)22(24)25/h2-5,10-12,16H,6-9H2,1H3,(H,20,23)/t11-,16-/m0/s1. The van der Waals surface area contributed by atoms with E-state index < -0.39 is 4.92 Å². The molecule has 7 nitrogen and oxygen atoms in total. The van der Waals surface area contributed by atoms with Gasteiger partial charge in [0.1, 0.15) is 0 Å². The average molecular weight is 372 g/mol. The van der Waals surface area contributed by atoms with Crippen LogP contribution in [0.5, 0.6) is 0 Å². The molecule has 2 aromatic rings. The number of nitro benzene ring substituents is 1. The third-order valence-electron chi connectivity index (χ3n) is 5.54. The molecule has 0 unspecified atom stereocenters. The van der Waals surface area contributed by atoms with Gasteiger partial charge in [0.15, 0.2) is 5.01 Å². The molecular formula is C18H20N4O3S. The molecule has 4 heterocycles. The summed E-state index contributed by atoms with van der Waals surface area (Å²) >= 11 is 1.19. The third-order valence-corrected chi connectivity index (χ3v) is 6.57. The Hall–Kier alpha value is -2.32. The molecule has 0 spiro atoms. The molecule has 1 aromatic heterocycles. The van der Waals surface area contributed by atoms with E-state index in [1.807, 2.05) is 0 Å². The number of nitrogens with zero attached hydrogens (tertiary/aromatic N) is 3. The molecule has 0 aliphatic carbocycles. The van der Waals surface area contributed by atoms with Gasteiger partial charge in [-0.25, -0.2) is 4.98 Å². The lowest BCUT2D eigenvalue weighted by Crippen LogP contribution is -2.62. The predicted octanol–water partition coefficient (Wildman–Crippen LogP) is 2.93. The summed E-state index contributed by atoms with van der Waals surface area (Å²) in [4.78, 5) is 30.8. The number of hydrogen-bond donors (Lipinski definition) is 1. The molecule has 1 N–H and O–H groups in total. The largest absolute Gasteiger partial charge is 0.345 e. The van der Waals surface area contributed by atoms with E-state index >= 15 is 0 Å². The Morgan fingerprint density at radius 3 is 2.77 bits per heavy atom. The third kappa shape index (κ3) is 2.99. The Morgan fingerprint density at radius 2 is 2.08 bits per heavy atom. The molecule has 26 heavy (non-hydrogen) atoms. The lowest BCUT2D eigenvalue weighted by Gasteiger charge is -2.49. The van der Waals surface area contributed by atoms with Gasteiger partial charge in [0.2, 0.25) is 0 Å². The van der Waals surface area contributed by atoms with Crippen LogP contribution < -0.4 is 5.32 Å². The van der Waals surface area contributed by atoms with E-state index in [9.17, 15) is 14.9 Å². The zero-order chi connectivity index (χ0) is 18.3. The summed E-state index contributed by atoms with van der Waals surface area (Å²) in [6, 6.07) is 7.00. The van der Waals surface area contributed by atoms with Crippen LogP contribution in [0.2, 0.25) is 0 Å². The Kier molecular flexibility index (Phi) is 4.46. The SMILES string of the molecule is C[C@H]1[C@H](NC(=O)c2ncc(-c3ccccc3[N+](=O)[O-])s2)C2CCN1CC2. The number of rotatable bonds is 4. The van der Waals surface area contributed by atoms with Crippen LogP contribution in [0.25, 0.3) is 10.4 Å². The van der Waals surface area contributed by atoms with Crippen LogP contribution >= 0.6 is 11.3 Å². The zero-order valence-corrected chi connectivity index (χ0v) is 15.2. The molecule has 2 bridgehead atoms. The van der Waals surface area contributed by atoms with Gasteiger partial charge in [-0.05, 0) is 44.8 Å². The van der Waals surface area contributed by atoms with E-state index in [0.29, 0.717) is 27.4 Å². The molecule has 8 heteroatoms. The summed E-state index contributed by atoms with van der Waals surface area (Å²) in [6.07, 6.45) is 3.78. The normalized spacial score (nSPS) is 27.3. The summed E-state index contributed by atoms with van der Waals surface area (Å²) in [5.41, 5.74) is 0.513. The van der Waals surface area contributed by atoms with Crippen LogP contribution in [0.3, 0.4) is 0 Å². The quantitative estimate of drug-likeness (QED) is 0.658. The van der Waals surface area contributed by atoms with Crippen LogP contribution in [-0.4, -0.2) is 45.9 Å². The molecule has 2 atom stereocenters. The first kappa shape index (κ1) is 17.1. The van der Waals surface area contributed by atoms with Crippen molar-refractivity contribution in [2.45, 2.75) is 31.8 Å². The van der Waals surface area contributed by atoms with Crippen molar-refractivity contribution in [1.29, 1.82) is 0 Å². The van der Waals surface area contributed by atoms with E-state index in [0.717, 1.165) is 25.9 Å². The Balaban J connectivity index is 1.53. The average Bonchev–Trinajstić information content (AvgIpc) is 3.15. The van der Waals surface area contributed by atoms with Gasteiger partial charge in [-0.2, -0.15) is 0 Å². The van der Waals surface area contributed by atoms with Crippen LogP contribution in [0.4, 0.5) is 5.69 Å². The highest BCUT2D eigenvalue weighted by molar-refractivity contribution is 7.17. The van der Waals surface area contributed by atoms with Crippen molar-refractivity contribution in [1.82, 2.24) is 15.2 Å². The zero-order valence-electron chi connectivity index (χ0n) is 14.4. The number of aromatic nitrogens is 1. The Morgan fingerprint density at radius 1 is 1.35 bits per heavy atom. The van der Waals surface area contributed by atoms with Gasteiger partial charge >= 0.3 is 0 Å². The number of carbonyl (C=O) groups is 1. The van der Waals surface area contributed by atoms with Gasteiger partial charge in [0.25, 0.3) is 11.6 Å². The summed E-state index contributed by atoms with van der Waals surface area (Å²) < 4.78 is 0. The number of benzene rings is 1. The van der Waals surface area contributed by atoms with Crippen molar-refractivity contribution in [2.75, 3.05) is 13.1 Å². The molecular weight excluding hydrogens is 352 g/mol. The topological polar surface area (TPSA) is 88.4 Å². The molecule has 1 amide bonds. The summed E-state index contributed by atoms with van der Waals surface area (Å²) in [6.45, 7) is 4.38. The molecule has 3 fully saturated rings. The number of piperidine rings is 3. The predicted molar refractivity (Wildman–Crippen MR) is 99.2 cm³/mol. The Bertz CT molecular complexity index is 842. The molecule has 0 saturated carbocycles. The van der Waals surface area contributed by atoms with Gasteiger partial charge in [-0.3, -0.25) is 19.8 Å². The lowest BCUT2D eigenvalue weighted by atomic mass is 9.79. The second-order valence-corrected chi connectivity index (χ2v) is 7.95. The molecule has 136 valence electrons.